The normalized spacial score (nSPS) is 26.4. The van der Waals surface area contributed by atoms with Crippen LogP contribution in [0.1, 0.15) is 17.9 Å². The maximum absolute atomic E-state index is 11.7. The number of nitrogens with two attached hydrogens (primary N) is 1. The number of carbonyl (C=O) groups is 2. The van der Waals surface area contributed by atoms with Gasteiger partial charge in [0.2, 0.25) is 5.91 Å². The molecule has 1 aliphatic carbocycles. The highest BCUT2D eigenvalue weighted by Crippen LogP contribution is 2.60. The van der Waals surface area contributed by atoms with Crippen molar-refractivity contribution in [2.45, 2.75) is 12.3 Å². The fraction of sp³-hybridized carbons (Fsp3) is 0.333. The smallest absolute Gasteiger partial charge is 0.322 e. The van der Waals surface area contributed by atoms with Gasteiger partial charge in [-0.25, -0.2) is 0 Å². The number of halogens is 1. The summed E-state index contributed by atoms with van der Waals surface area (Å²) in [5.41, 5.74) is 4.83. The summed E-state index contributed by atoms with van der Waals surface area (Å²) in [6, 6.07) is 7.11. The van der Waals surface area contributed by atoms with E-state index in [2.05, 4.69) is 4.74 Å². The van der Waals surface area contributed by atoms with E-state index in [0.717, 1.165) is 5.56 Å². The molecule has 0 bridgehead atoms. The molecule has 1 saturated carbocycles. The zero-order valence-corrected chi connectivity index (χ0v) is 10.0. The number of methoxy groups -OCH3 is 1. The van der Waals surface area contributed by atoms with E-state index in [1.54, 1.807) is 18.2 Å². The number of primary amides is 1. The van der Waals surface area contributed by atoms with E-state index in [4.69, 9.17) is 17.3 Å². The van der Waals surface area contributed by atoms with E-state index in [-0.39, 0.29) is 5.92 Å². The first-order chi connectivity index (χ1) is 8.04. The number of hydrogen-bond acceptors (Lipinski definition) is 3. The molecule has 5 heteroatoms. The van der Waals surface area contributed by atoms with Gasteiger partial charge in [0, 0.05) is 10.9 Å². The predicted octanol–water partition coefficient (Wildman–Crippen LogP) is 1.47. The zero-order valence-electron chi connectivity index (χ0n) is 9.27. The van der Waals surface area contributed by atoms with Gasteiger partial charge in [-0.1, -0.05) is 29.8 Å². The number of esters is 1. The van der Waals surface area contributed by atoms with Gasteiger partial charge in [-0.05, 0) is 18.1 Å². The van der Waals surface area contributed by atoms with Crippen molar-refractivity contribution in [3.8, 4) is 0 Å². The second kappa shape index (κ2) is 4.04. The van der Waals surface area contributed by atoms with E-state index < -0.39 is 17.3 Å². The number of rotatable bonds is 3. The van der Waals surface area contributed by atoms with E-state index in [1.165, 1.54) is 7.11 Å². The average molecular weight is 254 g/mol. The molecule has 0 radical (unpaired) electrons. The summed E-state index contributed by atoms with van der Waals surface area (Å²) in [7, 11) is 1.25. The molecule has 2 N–H and O–H groups in total. The Kier molecular flexibility index (Phi) is 2.83. The summed E-state index contributed by atoms with van der Waals surface area (Å²) >= 11 is 6.03. The standard InChI is InChI=1S/C12H12ClNO3/c1-17-11(16)12(10(14)15)6-8(12)7-4-2-3-5-9(7)13/h2-5,8H,6H2,1H3,(H2,14,15). The van der Waals surface area contributed by atoms with E-state index >= 15 is 0 Å². The lowest BCUT2D eigenvalue weighted by Gasteiger charge is -2.11. The molecule has 17 heavy (non-hydrogen) atoms. The van der Waals surface area contributed by atoms with Gasteiger partial charge in [0.25, 0.3) is 0 Å². The molecule has 4 nitrogen and oxygen atoms in total. The minimum Gasteiger partial charge on any atom is -0.468 e. The minimum absolute atomic E-state index is 0.277. The monoisotopic (exact) mass is 253 g/mol. The van der Waals surface area contributed by atoms with Crippen molar-refractivity contribution in [1.82, 2.24) is 0 Å². The quantitative estimate of drug-likeness (QED) is 0.655. The van der Waals surface area contributed by atoms with E-state index in [9.17, 15) is 9.59 Å². The molecule has 1 aromatic rings. The molecule has 1 fully saturated rings. The van der Waals surface area contributed by atoms with Crippen LogP contribution in [0, 0.1) is 5.41 Å². The summed E-state index contributed by atoms with van der Waals surface area (Å²) < 4.78 is 4.65. The van der Waals surface area contributed by atoms with Crippen LogP contribution in [-0.2, 0) is 14.3 Å². The van der Waals surface area contributed by atoms with Crippen molar-refractivity contribution in [2.75, 3.05) is 7.11 Å². The first kappa shape index (κ1) is 11.9. The third kappa shape index (κ3) is 1.69. The van der Waals surface area contributed by atoms with Crippen molar-refractivity contribution < 1.29 is 14.3 Å². The maximum Gasteiger partial charge on any atom is 0.322 e. The van der Waals surface area contributed by atoms with Gasteiger partial charge < -0.3 is 10.5 Å². The van der Waals surface area contributed by atoms with Crippen molar-refractivity contribution in [2.24, 2.45) is 11.1 Å². The molecule has 2 atom stereocenters. The van der Waals surface area contributed by atoms with Crippen molar-refractivity contribution in [1.29, 1.82) is 0 Å². The second-order valence-corrected chi connectivity index (χ2v) is 4.51. The highest BCUT2D eigenvalue weighted by molar-refractivity contribution is 6.31. The molecule has 0 saturated heterocycles. The van der Waals surface area contributed by atoms with Crippen LogP contribution in [0.2, 0.25) is 5.02 Å². The van der Waals surface area contributed by atoms with Crippen LogP contribution in [0.25, 0.3) is 0 Å². The van der Waals surface area contributed by atoms with Crippen LogP contribution < -0.4 is 5.73 Å². The number of ether oxygens (including phenoxy) is 1. The van der Waals surface area contributed by atoms with Crippen molar-refractivity contribution in [3.05, 3.63) is 34.9 Å². The lowest BCUT2D eigenvalue weighted by molar-refractivity contribution is -0.151. The lowest BCUT2D eigenvalue weighted by Crippen LogP contribution is -2.34. The van der Waals surface area contributed by atoms with Gasteiger partial charge >= 0.3 is 5.97 Å². The molecule has 1 aromatic carbocycles. The zero-order chi connectivity index (χ0) is 12.6. The van der Waals surface area contributed by atoms with Gasteiger partial charge in [0.05, 0.1) is 7.11 Å². The van der Waals surface area contributed by atoms with Gasteiger partial charge in [0.15, 0.2) is 5.41 Å². The van der Waals surface area contributed by atoms with Gasteiger partial charge in [0.1, 0.15) is 0 Å². The molecule has 0 spiro atoms. The van der Waals surface area contributed by atoms with Crippen LogP contribution >= 0.6 is 11.6 Å². The molecule has 0 aromatic heterocycles. The summed E-state index contributed by atoms with van der Waals surface area (Å²) in [5, 5.41) is 0.532. The molecule has 90 valence electrons. The Hall–Kier alpha value is -1.55. The molecule has 1 amide bonds. The Morgan fingerprint density at radius 1 is 1.47 bits per heavy atom. The fourth-order valence-electron chi connectivity index (χ4n) is 2.18. The Balaban J connectivity index is 2.36. The summed E-state index contributed by atoms with van der Waals surface area (Å²) in [6.07, 6.45) is 0.360. The van der Waals surface area contributed by atoms with Crippen LogP contribution in [0.4, 0.5) is 0 Å². The fourth-order valence-corrected chi connectivity index (χ4v) is 2.44. The van der Waals surface area contributed by atoms with Crippen LogP contribution in [0.15, 0.2) is 24.3 Å². The van der Waals surface area contributed by atoms with Gasteiger partial charge in [-0.2, -0.15) is 0 Å². The third-order valence-corrected chi connectivity index (χ3v) is 3.58. The first-order valence-electron chi connectivity index (χ1n) is 5.16. The van der Waals surface area contributed by atoms with Crippen molar-refractivity contribution in [3.63, 3.8) is 0 Å². The largest absolute Gasteiger partial charge is 0.468 e. The molecule has 0 heterocycles. The molecule has 1 aliphatic rings. The average Bonchev–Trinajstić information content (AvgIpc) is 3.05. The Labute approximate surface area is 104 Å². The summed E-state index contributed by atoms with van der Waals surface area (Å²) in [6.45, 7) is 0. The Morgan fingerprint density at radius 3 is 2.65 bits per heavy atom. The summed E-state index contributed by atoms with van der Waals surface area (Å²) in [4.78, 5) is 23.1. The first-order valence-corrected chi connectivity index (χ1v) is 5.54. The topological polar surface area (TPSA) is 69.4 Å². The van der Waals surface area contributed by atoms with Gasteiger partial charge in [-0.3, -0.25) is 9.59 Å². The number of hydrogen-bond donors (Lipinski definition) is 1. The van der Waals surface area contributed by atoms with Crippen molar-refractivity contribution >= 4 is 23.5 Å². The summed E-state index contributed by atoms with van der Waals surface area (Å²) in [5.74, 6) is -1.52. The minimum atomic E-state index is -1.24. The second-order valence-electron chi connectivity index (χ2n) is 4.11. The van der Waals surface area contributed by atoms with Crippen LogP contribution in [0.5, 0.6) is 0 Å². The molecular formula is C12H12ClNO3. The highest BCUT2D eigenvalue weighted by atomic mass is 35.5. The van der Waals surface area contributed by atoms with E-state index in [1.807, 2.05) is 6.07 Å². The third-order valence-electron chi connectivity index (χ3n) is 3.23. The molecular weight excluding hydrogens is 242 g/mol. The number of amides is 1. The number of carbonyl (C=O) groups excluding carboxylic acids is 2. The molecule has 2 rings (SSSR count). The highest BCUT2D eigenvalue weighted by Gasteiger charge is 2.66. The van der Waals surface area contributed by atoms with Gasteiger partial charge in [-0.15, -0.1) is 0 Å². The van der Waals surface area contributed by atoms with Crippen LogP contribution in [-0.4, -0.2) is 19.0 Å². The van der Waals surface area contributed by atoms with E-state index in [0.29, 0.717) is 11.4 Å². The van der Waals surface area contributed by atoms with Crippen LogP contribution in [0.3, 0.4) is 0 Å². The number of benzene rings is 1. The maximum atomic E-state index is 11.7. The predicted molar refractivity (Wildman–Crippen MR) is 62.5 cm³/mol. The lowest BCUT2D eigenvalue weighted by atomic mass is 9.98. The SMILES string of the molecule is COC(=O)C1(C(N)=O)CC1c1ccccc1Cl. The Bertz CT molecular complexity index is 488. The molecule has 2 unspecified atom stereocenters. The molecule has 0 aliphatic heterocycles. The Morgan fingerprint density at radius 2 is 2.12 bits per heavy atom.